The molecule has 0 aliphatic carbocycles. The first-order chi connectivity index (χ1) is 13.8. The van der Waals surface area contributed by atoms with Crippen LogP contribution in [-0.2, 0) is 19.1 Å². The first-order valence-corrected chi connectivity index (χ1v) is 8.58. The molecule has 9 heteroatoms. The van der Waals surface area contributed by atoms with Gasteiger partial charge in [0.05, 0.1) is 12.7 Å². The molecule has 3 amide bonds. The van der Waals surface area contributed by atoms with Gasteiger partial charge in [-0.25, -0.2) is 4.79 Å². The van der Waals surface area contributed by atoms with E-state index >= 15 is 0 Å². The standard InChI is InChI=1S/C20H21N3O6/c1-12(24)21-16-7-14(8-17(9-16)22-13(2)25)20(27)29-11-19(26)23-15-5-4-6-18(10-15)28-3/h4-10H,11H2,1-3H3,(H,21,24)(H,22,25)(H,23,26). The summed E-state index contributed by atoms with van der Waals surface area (Å²) in [6.07, 6.45) is 0. The lowest BCUT2D eigenvalue weighted by molar-refractivity contribution is -0.119. The number of rotatable bonds is 7. The van der Waals surface area contributed by atoms with E-state index in [0.717, 1.165) is 0 Å². The lowest BCUT2D eigenvalue weighted by Crippen LogP contribution is -2.21. The van der Waals surface area contributed by atoms with Crippen molar-refractivity contribution in [1.29, 1.82) is 0 Å². The first-order valence-electron chi connectivity index (χ1n) is 8.58. The van der Waals surface area contributed by atoms with Gasteiger partial charge in [-0.05, 0) is 30.3 Å². The average molecular weight is 399 g/mol. The van der Waals surface area contributed by atoms with E-state index in [1.807, 2.05) is 0 Å². The highest BCUT2D eigenvalue weighted by molar-refractivity contribution is 5.99. The van der Waals surface area contributed by atoms with Gasteiger partial charge in [0, 0.05) is 37.0 Å². The SMILES string of the molecule is COc1cccc(NC(=O)COC(=O)c2cc(NC(C)=O)cc(NC(C)=O)c2)c1. The fourth-order valence-corrected chi connectivity index (χ4v) is 2.41. The zero-order valence-electron chi connectivity index (χ0n) is 16.2. The average Bonchev–Trinajstić information content (AvgIpc) is 2.65. The van der Waals surface area contributed by atoms with Crippen LogP contribution in [0.25, 0.3) is 0 Å². The molecule has 0 spiro atoms. The molecule has 0 radical (unpaired) electrons. The molecule has 0 bridgehead atoms. The molecule has 0 unspecified atom stereocenters. The molecule has 0 fully saturated rings. The molecule has 0 saturated carbocycles. The van der Waals surface area contributed by atoms with Crippen LogP contribution in [0.15, 0.2) is 42.5 Å². The van der Waals surface area contributed by atoms with Crippen LogP contribution >= 0.6 is 0 Å². The normalized spacial score (nSPS) is 9.90. The summed E-state index contributed by atoms with van der Waals surface area (Å²) < 4.78 is 10.1. The van der Waals surface area contributed by atoms with Gasteiger partial charge in [0.2, 0.25) is 11.8 Å². The van der Waals surface area contributed by atoms with Crippen LogP contribution < -0.4 is 20.7 Å². The van der Waals surface area contributed by atoms with Crippen LogP contribution in [0.2, 0.25) is 0 Å². The predicted molar refractivity (Wildman–Crippen MR) is 107 cm³/mol. The third-order valence-electron chi connectivity index (χ3n) is 3.50. The molecule has 0 aliphatic heterocycles. The van der Waals surface area contributed by atoms with Crippen molar-refractivity contribution in [2.75, 3.05) is 29.7 Å². The molecule has 2 aromatic carbocycles. The van der Waals surface area contributed by atoms with Gasteiger partial charge in [-0.1, -0.05) is 6.07 Å². The topological polar surface area (TPSA) is 123 Å². The second-order valence-corrected chi connectivity index (χ2v) is 6.02. The number of anilines is 3. The highest BCUT2D eigenvalue weighted by Gasteiger charge is 2.14. The molecule has 2 aromatic rings. The Morgan fingerprint density at radius 1 is 0.828 bits per heavy atom. The van der Waals surface area contributed by atoms with Gasteiger partial charge in [0.1, 0.15) is 5.75 Å². The second kappa shape index (κ2) is 9.88. The van der Waals surface area contributed by atoms with Crippen LogP contribution in [0.5, 0.6) is 5.75 Å². The van der Waals surface area contributed by atoms with Crippen molar-refractivity contribution in [3.63, 3.8) is 0 Å². The van der Waals surface area contributed by atoms with Gasteiger partial charge in [0.25, 0.3) is 5.91 Å². The van der Waals surface area contributed by atoms with Gasteiger partial charge >= 0.3 is 5.97 Å². The molecular weight excluding hydrogens is 378 g/mol. The van der Waals surface area contributed by atoms with Crippen LogP contribution in [0.1, 0.15) is 24.2 Å². The zero-order valence-corrected chi connectivity index (χ0v) is 16.2. The Morgan fingerprint density at radius 2 is 1.45 bits per heavy atom. The summed E-state index contributed by atoms with van der Waals surface area (Å²) in [5.41, 5.74) is 1.16. The Hall–Kier alpha value is -3.88. The van der Waals surface area contributed by atoms with Gasteiger partial charge in [0.15, 0.2) is 6.61 Å². The summed E-state index contributed by atoms with van der Waals surface area (Å²) in [6, 6.07) is 11.0. The molecule has 9 nitrogen and oxygen atoms in total. The number of hydrogen-bond donors (Lipinski definition) is 3. The van der Waals surface area contributed by atoms with Crippen molar-refractivity contribution in [2.45, 2.75) is 13.8 Å². The Bertz CT molecular complexity index is 907. The summed E-state index contributed by atoms with van der Waals surface area (Å²) in [6.45, 7) is 2.11. The van der Waals surface area contributed by atoms with E-state index in [9.17, 15) is 19.2 Å². The monoisotopic (exact) mass is 399 g/mol. The molecule has 0 aliphatic rings. The van der Waals surface area contributed by atoms with Crippen molar-refractivity contribution in [1.82, 2.24) is 0 Å². The third kappa shape index (κ3) is 6.98. The minimum atomic E-state index is -0.787. The Morgan fingerprint density at radius 3 is 2.00 bits per heavy atom. The van der Waals surface area contributed by atoms with Crippen molar-refractivity contribution in [3.05, 3.63) is 48.0 Å². The fraction of sp³-hybridized carbons (Fsp3) is 0.200. The maximum absolute atomic E-state index is 12.3. The molecule has 2 rings (SSSR count). The molecule has 0 aromatic heterocycles. The molecule has 0 heterocycles. The van der Waals surface area contributed by atoms with Crippen LogP contribution in [-0.4, -0.2) is 37.4 Å². The Balaban J connectivity index is 2.05. The minimum absolute atomic E-state index is 0.0641. The van der Waals surface area contributed by atoms with Crippen molar-refractivity contribution >= 4 is 40.8 Å². The minimum Gasteiger partial charge on any atom is -0.497 e. The number of nitrogens with one attached hydrogen (secondary N) is 3. The number of esters is 1. The summed E-state index contributed by atoms with van der Waals surface area (Å²) >= 11 is 0. The molecule has 3 N–H and O–H groups in total. The van der Waals surface area contributed by atoms with Gasteiger partial charge < -0.3 is 25.4 Å². The van der Waals surface area contributed by atoms with Crippen LogP contribution in [0.4, 0.5) is 17.1 Å². The smallest absolute Gasteiger partial charge is 0.338 e. The van der Waals surface area contributed by atoms with Gasteiger partial charge in [-0.3, -0.25) is 14.4 Å². The fourth-order valence-electron chi connectivity index (χ4n) is 2.41. The molecular formula is C20H21N3O6. The molecule has 29 heavy (non-hydrogen) atoms. The molecule has 0 saturated heterocycles. The van der Waals surface area contributed by atoms with E-state index in [1.165, 1.54) is 39.2 Å². The number of carbonyl (C=O) groups excluding carboxylic acids is 4. The third-order valence-corrected chi connectivity index (χ3v) is 3.50. The summed E-state index contributed by atoms with van der Waals surface area (Å²) in [7, 11) is 1.51. The Labute approximate surface area is 167 Å². The summed E-state index contributed by atoms with van der Waals surface area (Å²) in [5.74, 6) is -1.44. The molecule has 152 valence electrons. The van der Waals surface area contributed by atoms with E-state index < -0.39 is 18.5 Å². The number of methoxy groups -OCH3 is 1. The van der Waals surface area contributed by atoms with E-state index in [-0.39, 0.29) is 17.4 Å². The molecule has 0 atom stereocenters. The van der Waals surface area contributed by atoms with Crippen molar-refractivity contribution in [2.24, 2.45) is 0 Å². The van der Waals surface area contributed by atoms with E-state index in [0.29, 0.717) is 22.8 Å². The number of carbonyl (C=O) groups is 4. The second-order valence-electron chi connectivity index (χ2n) is 6.02. The number of amides is 3. The number of hydrogen-bond acceptors (Lipinski definition) is 6. The summed E-state index contributed by atoms with van der Waals surface area (Å²) in [5, 5.41) is 7.65. The predicted octanol–water partition coefficient (Wildman–Crippen LogP) is 2.41. The highest BCUT2D eigenvalue weighted by atomic mass is 16.5. The van der Waals surface area contributed by atoms with Crippen LogP contribution in [0.3, 0.4) is 0 Å². The number of benzene rings is 2. The van der Waals surface area contributed by atoms with Gasteiger partial charge in [-0.15, -0.1) is 0 Å². The quantitative estimate of drug-likeness (QED) is 0.615. The highest BCUT2D eigenvalue weighted by Crippen LogP contribution is 2.20. The summed E-state index contributed by atoms with van der Waals surface area (Å²) in [4.78, 5) is 46.9. The lowest BCUT2D eigenvalue weighted by atomic mass is 10.1. The Kier molecular flexibility index (Phi) is 7.30. The zero-order chi connectivity index (χ0) is 21.4. The van der Waals surface area contributed by atoms with Crippen molar-refractivity contribution in [3.8, 4) is 5.75 Å². The van der Waals surface area contributed by atoms with E-state index in [2.05, 4.69) is 16.0 Å². The maximum Gasteiger partial charge on any atom is 0.338 e. The first kappa shape index (κ1) is 21.4. The lowest BCUT2D eigenvalue weighted by Gasteiger charge is -2.11. The van der Waals surface area contributed by atoms with Gasteiger partial charge in [-0.2, -0.15) is 0 Å². The maximum atomic E-state index is 12.3. The number of ether oxygens (including phenoxy) is 2. The largest absolute Gasteiger partial charge is 0.497 e. The van der Waals surface area contributed by atoms with Crippen molar-refractivity contribution < 1.29 is 28.7 Å². The van der Waals surface area contributed by atoms with Crippen LogP contribution in [0, 0.1) is 0 Å². The van der Waals surface area contributed by atoms with E-state index in [4.69, 9.17) is 9.47 Å². The van der Waals surface area contributed by atoms with E-state index in [1.54, 1.807) is 24.3 Å².